The second-order valence-corrected chi connectivity index (χ2v) is 6.79. The van der Waals surface area contributed by atoms with E-state index in [1.165, 1.54) is 24.2 Å². The number of benzene rings is 2. The van der Waals surface area contributed by atoms with Crippen molar-refractivity contribution >= 4 is 11.6 Å². The molecular weight excluding hydrogens is 367 g/mol. The summed E-state index contributed by atoms with van der Waals surface area (Å²) in [4.78, 5) is 16.8. The van der Waals surface area contributed by atoms with Gasteiger partial charge in [-0.1, -0.05) is 0 Å². The standard InChI is InChI=1S/C21H18F3N3O/c22-21(23,24)16-8-4-15(5-9-16)20(28)26-17-10-6-14(7-11-17)19-25-13-18-3-1-2-12-27(18)19/h4-11,13H,1-3,12H2,(H,26,28). The minimum absolute atomic E-state index is 0.166. The number of nitrogens with one attached hydrogen (secondary N) is 1. The Labute approximate surface area is 160 Å². The fourth-order valence-corrected chi connectivity index (χ4v) is 3.38. The summed E-state index contributed by atoms with van der Waals surface area (Å²) < 4.78 is 40.1. The molecule has 4 rings (SSSR count). The van der Waals surface area contributed by atoms with Gasteiger partial charge in [-0.05, 0) is 67.8 Å². The van der Waals surface area contributed by atoms with Gasteiger partial charge < -0.3 is 9.88 Å². The number of nitrogens with zero attached hydrogens (tertiary/aromatic N) is 2. The molecule has 1 aliphatic heterocycles. The van der Waals surface area contributed by atoms with E-state index in [1.54, 1.807) is 12.1 Å². The van der Waals surface area contributed by atoms with Gasteiger partial charge in [0.2, 0.25) is 0 Å². The summed E-state index contributed by atoms with van der Waals surface area (Å²) in [7, 11) is 0. The number of anilines is 1. The van der Waals surface area contributed by atoms with Crippen LogP contribution in [0, 0.1) is 0 Å². The Kier molecular flexibility index (Phi) is 4.66. The lowest BCUT2D eigenvalue weighted by atomic mass is 10.1. The Morgan fingerprint density at radius 2 is 1.71 bits per heavy atom. The summed E-state index contributed by atoms with van der Waals surface area (Å²) in [6, 6.07) is 11.4. The molecule has 144 valence electrons. The normalized spacial score (nSPS) is 13.8. The fourth-order valence-electron chi connectivity index (χ4n) is 3.38. The van der Waals surface area contributed by atoms with Gasteiger partial charge in [-0.3, -0.25) is 4.79 Å². The molecule has 0 unspecified atom stereocenters. The summed E-state index contributed by atoms with van der Waals surface area (Å²) in [5, 5.41) is 2.70. The zero-order chi connectivity index (χ0) is 19.7. The Hall–Kier alpha value is -3.09. The lowest BCUT2D eigenvalue weighted by Crippen LogP contribution is -2.13. The molecule has 4 nitrogen and oxygen atoms in total. The number of aryl methyl sites for hydroxylation is 1. The molecule has 1 aliphatic rings. The van der Waals surface area contributed by atoms with E-state index < -0.39 is 17.6 Å². The Morgan fingerprint density at radius 1 is 1.00 bits per heavy atom. The predicted octanol–water partition coefficient (Wildman–Crippen LogP) is 5.16. The number of alkyl halides is 3. The van der Waals surface area contributed by atoms with Gasteiger partial charge in [-0.25, -0.2) is 4.98 Å². The number of amides is 1. The molecule has 28 heavy (non-hydrogen) atoms. The summed E-state index contributed by atoms with van der Waals surface area (Å²) in [5.41, 5.74) is 2.15. The molecule has 0 aliphatic carbocycles. The van der Waals surface area contributed by atoms with E-state index in [-0.39, 0.29) is 5.56 Å². The average Bonchev–Trinajstić information content (AvgIpc) is 3.12. The first-order valence-electron chi connectivity index (χ1n) is 9.05. The molecule has 1 aromatic heterocycles. The second kappa shape index (κ2) is 7.14. The summed E-state index contributed by atoms with van der Waals surface area (Å²) in [5.74, 6) is 0.454. The van der Waals surface area contributed by atoms with E-state index in [2.05, 4.69) is 14.9 Å². The fraction of sp³-hybridized carbons (Fsp3) is 0.238. The highest BCUT2D eigenvalue weighted by Crippen LogP contribution is 2.29. The number of hydrogen-bond acceptors (Lipinski definition) is 2. The second-order valence-electron chi connectivity index (χ2n) is 6.79. The molecule has 0 saturated heterocycles. The molecule has 7 heteroatoms. The van der Waals surface area contributed by atoms with Crippen molar-refractivity contribution in [3.63, 3.8) is 0 Å². The number of rotatable bonds is 3. The molecule has 0 spiro atoms. The number of carbonyl (C=O) groups is 1. The number of imidazole rings is 1. The minimum atomic E-state index is -4.42. The van der Waals surface area contributed by atoms with Crippen LogP contribution < -0.4 is 5.32 Å². The maximum Gasteiger partial charge on any atom is 0.416 e. The van der Waals surface area contributed by atoms with E-state index in [1.807, 2.05) is 18.3 Å². The molecule has 0 atom stereocenters. The zero-order valence-corrected chi connectivity index (χ0v) is 15.0. The number of halogens is 3. The lowest BCUT2D eigenvalue weighted by molar-refractivity contribution is -0.137. The maximum atomic E-state index is 12.6. The van der Waals surface area contributed by atoms with Gasteiger partial charge in [0, 0.05) is 35.2 Å². The van der Waals surface area contributed by atoms with Crippen molar-refractivity contribution in [2.24, 2.45) is 0 Å². The van der Waals surface area contributed by atoms with Crippen LogP contribution in [0.3, 0.4) is 0 Å². The molecule has 3 aromatic rings. The SMILES string of the molecule is O=C(Nc1ccc(-c2ncc3n2CCCC3)cc1)c1ccc(C(F)(F)F)cc1. The number of hydrogen-bond donors (Lipinski definition) is 1. The van der Waals surface area contributed by atoms with Crippen molar-refractivity contribution in [1.29, 1.82) is 0 Å². The van der Waals surface area contributed by atoms with Crippen LogP contribution in [0.5, 0.6) is 0 Å². The van der Waals surface area contributed by atoms with Gasteiger partial charge in [-0.15, -0.1) is 0 Å². The molecule has 0 radical (unpaired) electrons. The Balaban J connectivity index is 1.47. The summed E-state index contributed by atoms with van der Waals surface area (Å²) in [6.07, 6.45) is 0.845. The highest BCUT2D eigenvalue weighted by molar-refractivity contribution is 6.04. The van der Waals surface area contributed by atoms with Crippen LogP contribution in [0.2, 0.25) is 0 Å². The van der Waals surface area contributed by atoms with Crippen molar-refractivity contribution in [1.82, 2.24) is 9.55 Å². The van der Waals surface area contributed by atoms with E-state index in [0.29, 0.717) is 5.69 Å². The first-order valence-corrected chi connectivity index (χ1v) is 9.05. The van der Waals surface area contributed by atoms with Gasteiger partial charge in [0.1, 0.15) is 5.82 Å². The third-order valence-electron chi connectivity index (χ3n) is 4.88. The van der Waals surface area contributed by atoms with Crippen molar-refractivity contribution < 1.29 is 18.0 Å². The molecule has 0 bridgehead atoms. The van der Waals surface area contributed by atoms with Gasteiger partial charge in [-0.2, -0.15) is 13.2 Å². The first kappa shape index (κ1) is 18.3. The zero-order valence-electron chi connectivity index (χ0n) is 15.0. The summed E-state index contributed by atoms with van der Waals surface area (Å²) >= 11 is 0. The summed E-state index contributed by atoms with van der Waals surface area (Å²) in [6.45, 7) is 0.955. The van der Waals surface area contributed by atoms with E-state index in [0.717, 1.165) is 42.9 Å². The quantitative estimate of drug-likeness (QED) is 0.677. The molecule has 1 amide bonds. The van der Waals surface area contributed by atoms with Gasteiger partial charge in [0.15, 0.2) is 0 Å². The molecule has 0 fully saturated rings. The van der Waals surface area contributed by atoms with Crippen molar-refractivity contribution in [3.05, 3.63) is 71.5 Å². The van der Waals surface area contributed by atoms with E-state index in [9.17, 15) is 18.0 Å². The largest absolute Gasteiger partial charge is 0.416 e. The Bertz CT molecular complexity index is 989. The topological polar surface area (TPSA) is 46.9 Å². The van der Waals surface area contributed by atoms with Crippen LogP contribution in [0.25, 0.3) is 11.4 Å². The number of aromatic nitrogens is 2. The number of fused-ring (bicyclic) bond motifs is 1. The third-order valence-corrected chi connectivity index (χ3v) is 4.88. The molecular formula is C21H18F3N3O. The van der Waals surface area contributed by atoms with Crippen LogP contribution in [0.15, 0.2) is 54.7 Å². The minimum Gasteiger partial charge on any atom is -0.328 e. The van der Waals surface area contributed by atoms with Crippen LogP contribution in [0.1, 0.15) is 34.5 Å². The van der Waals surface area contributed by atoms with Crippen LogP contribution in [0.4, 0.5) is 18.9 Å². The third kappa shape index (κ3) is 3.65. The van der Waals surface area contributed by atoms with Gasteiger partial charge in [0.25, 0.3) is 5.91 Å². The van der Waals surface area contributed by atoms with E-state index >= 15 is 0 Å². The Morgan fingerprint density at radius 3 is 2.39 bits per heavy atom. The van der Waals surface area contributed by atoms with Crippen molar-refractivity contribution in [2.75, 3.05) is 5.32 Å². The molecule has 0 saturated carbocycles. The van der Waals surface area contributed by atoms with Crippen LogP contribution in [-0.4, -0.2) is 15.5 Å². The smallest absolute Gasteiger partial charge is 0.328 e. The maximum absolute atomic E-state index is 12.6. The van der Waals surface area contributed by atoms with Gasteiger partial charge in [0.05, 0.1) is 5.56 Å². The lowest BCUT2D eigenvalue weighted by Gasteiger charge is -2.16. The molecule has 1 N–H and O–H groups in total. The van der Waals surface area contributed by atoms with Crippen molar-refractivity contribution in [3.8, 4) is 11.4 Å². The predicted molar refractivity (Wildman–Crippen MR) is 100.0 cm³/mol. The number of carbonyl (C=O) groups excluding carboxylic acids is 1. The van der Waals surface area contributed by atoms with Crippen LogP contribution in [-0.2, 0) is 19.1 Å². The average molecular weight is 385 g/mol. The van der Waals surface area contributed by atoms with Crippen molar-refractivity contribution in [2.45, 2.75) is 32.0 Å². The highest BCUT2D eigenvalue weighted by atomic mass is 19.4. The van der Waals surface area contributed by atoms with Gasteiger partial charge >= 0.3 is 6.18 Å². The molecule has 2 heterocycles. The highest BCUT2D eigenvalue weighted by Gasteiger charge is 2.30. The first-order chi connectivity index (χ1) is 13.4. The molecule has 2 aromatic carbocycles. The van der Waals surface area contributed by atoms with Crippen LogP contribution >= 0.6 is 0 Å². The monoisotopic (exact) mass is 385 g/mol. The van der Waals surface area contributed by atoms with E-state index in [4.69, 9.17) is 0 Å².